The smallest absolute Gasteiger partial charge is 0.104 e. The van der Waals surface area contributed by atoms with Gasteiger partial charge in [0.25, 0.3) is 0 Å². The van der Waals surface area contributed by atoms with Crippen molar-refractivity contribution in [1.82, 2.24) is 0 Å². The molecule has 2 nitrogen and oxygen atoms in total. The van der Waals surface area contributed by atoms with Crippen LogP contribution >= 0.6 is 0 Å². The lowest BCUT2D eigenvalue weighted by atomic mass is 10.3. The normalized spacial score (nSPS) is 8.77. The van der Waals surface area contributed by atoms with E-state index in [1.807, 2.05) is 42.3 Å². The lowest BCUT2D eigenvalue weighted by Crippen LogP contribution is -2.16. The second-order valence-electron chi connectivity index (χ2n) is 2.70. The number of aliphatic hydroxyl groups is 1. The fourth-order valence-electron chi connectivity index (χ4n) is 1.00. The van der Waals surface area contributed by atoms with Gasteiger partial charge >= 0.3 is 0 Å². The van der Waals surface area contributed by atoms with E-state index in [9.17, 15) is 0 Å². The van der Waals surface area contributed by atoms with Crippen molar-refractivity contribution in [1.29, 1.82) is 0 Å². The summed E-state index contributed by atoms with van der Waals surface area (Å²) < 4.78 is 0. The zero-order chi connectivity index (χ0) is 9.52. The van der Waals surface area contributed by atoms with Crippen LogP contribution in [-0.2, 0) is 0 Å². The topological polar surface area (TPSA) is 23.5 Å². The number of aliphatic hydroxyl groups excluding tert-OH is 1. The highest BCUT2D eigenvalue weighted by Crippen LogP contribution is 2.09. The molecule has 13 heavy (non-hydrogen) atoms. The Kier molecular flexibility index (Phi) is 3.87. The molecule has 0 aliphatic carbocycles. The minimum absolute atomic E-state index is 0.0668. The highest BCUT2D eigenvalue weighted by atomic mass is 16.2. The summed E-state index contributed by atoms with van der Waals surface area (Å²) in [6.45, 7) is 0.577. The monoisotopic (exact) mass is 175 g/mol. The summed E-state index contributed by atoms with van der Waals surface area (Å²) in [7, 11) is 1.97. The van der Waals surface area contributed by atoms with Crippen molar-refractivity contribution in [2.45, 2.75) is 0 Å². The van der Waals surface area contributed by atoms with Crippen LogP contribution in [0.3, 0.4) is 0 Å². The van der Waals surface area contributed by atoms with Crippen LogP contribution in [-0.4, -0.2) is 25.3 Å². The Balaban J connectivity index is 2.54. The van der Waals surface area contributed by atoms with Gasteiger partial charge in [0.05, 0.1) is 6.54 Å². The minimum atomic E-state index is -0.0668. The van der Waals surface area contributed by atoms with Crippen LogP contribution in [0.2, 0.25) is 0 Å². The third-order valence-electron chi connectivity index (χ3n) is 1.72. The summed E-state index contributed by atoms with van der Waals surface area (Å²) in [5.74, 6) is 5.47. The SMILES string of the molecule is CN(CC#CCO)c1ccccc1. The van der Waals surface area contributed by atoms with Crippen molar-refractivity contribution in [3.63, 3.8) is 0 Å². The molecule has 0 aliphatic rings. The van der Waals surface area contributed by atoms with E-state index in [-0.39, 0.29) is 6.61 Å². The maximum Gasteiger partial charge on any atom is 0.104 e. The maximum absolute atomic E-state index is 8.46. The molecule has 1 N–H and O–H groups in total. The van der Waals surface area contributed by atoms with Crippen LogP contribution in [0.5, 0.6) is 0 Å². The average Bonchev–Trinajstić information content (AvgIpc) is 2.19. The Morgan fingerprint density at radius 1 is 1.23 bits per heavy atom. The van der Waals surface area contributed by atoms with Crippen LogP contribution in [0.1, 0.15) is 0 Å². The zero-order valence-electron chi connectivity index (χ0n) is 7.70. The first-order valence-corrected chi connectivity index (χ1v) is 4.17. The van der Waals surface area contributed by atoms with Gasteiger partial charge in [-0.2, -0.15) is 0 Å². The minimum Gasteiger partial charge on any atom is -0.384 e. The Hall–Kier alpha value is -1.46. The number of rotatable bonds is 2. The molecule has 1 rings (SSSR count). The predicted molar refractivity (Wildman–Crippen MR) is 54.6 cm³/mol. The van der Waals surface area contributed by atoms with E-state index < -0.39 is 0 Å². The molecular weight excluding hydrogens is 162 g/mol. The lowest BCUT2D eigenvalue weighted by molar-refractivity contribution is 0.350. The van der Waals surface area contributed by atoms with Crippen molar-refractivity contribution < 1.29 is 5.11 Å². The van der Waals surface area contributed by atoms with Gasteiger partial charge in [0.15, 0.2) is 0 Å². The molecule has 0 radical (unpaired) electrons. The predicted octanol–water partition coefficient (Wildman–Crippen LogP) is 1.12. The van der Waals surface area contributed by atoms with E-state index in [0.29, 0.717) is 6.54 Å². The molecule has 0 fully saturated rings. The van der Waals surface area contributed by atoms with E-state index in [2.05, 4.69) is 11.8 Å². The van der Waals surface area contributed by atoms with Gasteiger partial charge in [0.2, 0.25) is 0 Å². The zero-order valence-corrected chi connectivity index (χ0v) is 7.70. The summed E-state index contributed by atoms with van der Waals surface area (Å²) in [6, 6.07) is 10.0. The fraction of sp³-hybridized carbons (Fsp3) is 0.273. The van der Waals surface area contributed by atoms with Crippen LogP contribution in [0.15, 0.2) is 30.3 Å². The van der Waals surface area contributed by atoms with Gasteiger partial charge in [-0.15, -0.1) is 0 Å². The number of hydrogen-bond acceptors (Lipinski definition) is 2. The van der Waals surface area contributed by atoms with E-state index in [4.69, 9.17) is 5.11 Å². The molecule has 0 spiro atoms. The summed E-state index contributed by atoms with van der Waals surface area (Å²) in [4.78, 5) is 2.03. The number of hydrogen-bond donors (Lipinski definition) is 1. The van der Waals surface area contributed by atoms with Crippen LogP contribution in [0.25, 0.3) is 0 Å². The third-order valence-corrected chi connectivity index (χ3v) is 1.72. The largest absolute Gasteiger partial charge is 0.384 e. The Morgan fingerprint density at radius 2 is 1.92 bits per heavy atom. The van der Waals surface area contributed by atoms with Crippen LogP contribution in [0, 0.1) is 11.8 Å². The van der Waals surface area contributed by atoms with Gasteiger partial charge in [0, 0.05) is 12.7 Å². The molecular formula is C11H13NO. The molecule has 0 aliphatic heterocycles. The highest BCUT2D eigenvalue weighted by Gasteiger charge is 1.94. The molecule has 0 saturated carbocycles. The van der Waals surface area contributed by atoms with Crippen LogP contribution < -0.4 is 4.90 Å². The molecule has 0 heterocycles. The van der Waals surface area contributed by atoms with Crippen molar-refractivity contribution in [2.24, 2.45) is 0 Å². The average molecular weight is 175 g/mol. The van der Waals surface area contributed by atoms with E-state index in [0.717, 1.165) is 5.69 Å². The second-order valence-corrected chi connectivity index (χ2v) is 2.70. The van der Waals surface area contributed by atoms with Gasteiger partial charge < -0.3 is 10.0 Å². The lowest BCUT2D eigenvalue weighted by Gasteiger charge is -2.15. The summed E-state index contributed by atoms with van der Waals surface area (Å²) >= 11 is 0. The number of anilines is 1. The molecule has 0 atom stereocenters. The first-order valence-electron chi connectivity index (χ1n) is 4.17. The molecule has 2 heteroatoms. The fourth-order valence-corrected chi connectivity index (χ4v) is 1.00. The maximum atomic E-state index is 8.46. The molecule has 0 amide bonds. The summed E-state index contributed by atoms with van der Waals surface area (Å²) in [5, 5.41) is 8.46. The number of nitrogens with zero attached hydrogens (tertiary/aromatic N) is 1. The van der Waals surface area contributed by atoms with E-state index in [1.165, 1.54) is 0 Å². The quantitative estimate of drug-likeness (QED) is 0.681. The molecule has 1 aromatic rings. The molecule has 1 aromatic carbocycles. The standard InChI is InChI=1S/C11H13NO/c1-12(9-5-6-10-13)11-7-3-2-4-8-11/h2-4,7-8,13H,9-10H2,1H3. The van der Waals surface area contributed by atoms with Crippen molar-refractivity contribution in [3.8, 4) is 11.8 Å². The van der Waals surface area contributed by atoms with Gasteiger partial charge in [-0.3, -0.25) is 0 Å². The van der Waals surface area contributed by atoms with E-state index >= 15 is 0 Å². The number of benzene rings is 1. The van der Waals surface area contributed by atoms with Gasteiger partial charge in [-0.05, 0) is 12.1 Å². The van der Waals surface area contributed by atoms with Crippen molar-refractivity contribution in [3.05, 3.63) is 30.3 Å². The third kappa shape index (κ3) is 3.18. The van der Waals surface area contributed by atoms with Crippen LogP contribution in [0.4, 0.5) is 5.69 Å². The first-order chi connectivity index (χ1) is 6.34. The Labute approximate surface area is 78.8 Å². The van der Waals surface area contributed by atoms with E-state index in [1.54, 1.807) is 0 Å². The van der Waals surface area contributed by atoms with Crippen molar-refractivity contribution in [2.75, 3.05) is 25.1 Å². The first kappa shape index (κ1) is 9.63. The molecule has 0 bridgehead atoms. The van der Waals surface area contributed by atoms with Gasteiger partial charge in [-0.1, -0.05) is 30.0 Å². The van der Waals surface area contributed by atoms with Crippen molar-refractivity contribution >= 4 is 5.69 Å². The summed E-state index contributed by atoms with van der Waals surface area (Å²) in [6.07, 6.45) is 0. The summed E-state index contributed by atoms with van der Waals surface area (Å²) in [5.41, 5.74) is 1.13. The molecule has 0 aromatic heterocycles. The molecule has 0 saturated heterocycles. The Bertz CT molecular complexity index is 297. The van der Waals surface area contributed by atoms with Gasteiger partial charge in [-0.25, -0.2) is 0 Å². The number of para-hydroxylation sites is 1. The Morgan fingerprint density at radius 3 is 2.54 bits per heavy atom. The molecule has 68 valence electrons. The van der Waals surface area contributed by atoms with Gasteiger partial charge in [0.1, 0.15) is 6.61 Å². The second kappa shape index (κ2) is 5.23. The molecule has 0 unspecified atom stereocenters. The highest BCUT2D eigenvalue weighted by molar-refractivity contribution is 5.46.